The predicted molar refractivity (Wildman–Crippen MR) is 105 cm³/mol. The van der Waals surface area contributed by atoms with Crippen LogP contribution < -0.4 is 15.4 Å². The highest BCUT2D eigenvalue weighted by Crippen LogP contribution is 2.23. The molecule has 0 bridgehead atoms. The van der Waals surface area contributed by atoms with Crippen LogP contribution in [0.15, 0.2) is 27.7 Å². The quantitative estimate of drug-likeness (QED) is 0.392. The lowest BCUT2D eigenvalue weighted by molar-refractivity contribution is -0.153. The normalized spacial score (nSPS) is 12.2. The van der Waals surface area contributed by atoms with E-state index in [1.807, 2.05) is 19.9 Å². The van der Waals surface area contributed by atoms with E-state index in [4.69, 9.17) is 9.26 Å². The van der Waals surface area contributed by atoms with Crippen molar-refractivity contribution in [3.63, 3.8) is 0 Å². The minimum absolute atomic E-state index is 0.212. The first-order chi connectivity index (χ1) is 13.7. The fourth-order valence-electron chi connectivity index (χ4n) is 2.83. The summed E-state index contributed by atoms with van der Waals surface area (Å²) in [7, 11) is 1.64. The van der Waals surface area contributed by atoms with Gasteiger partial charge in [0.2, 0.25) is 0 Å². The van der Waals surface area contributed by atoms with E-state index < -0.39 is 12.8 Å². The van der Waals surface area contributed by atoms with Gasteiger partial charge in [-0.1, -0.05) is 17.3 Å². The van der Waals surface area contributed by atoms with Crippen LogP contribution in [0.2, 0.25) is 0 Å². The lowest BCUT2D eigenvalue weighted by Crippen LogP contribution is -2.37. The number of guanidine groups is 1. The van der Waals surface area contributed by atoms with E-state index in [1.54, 1.807) is 26.1 Å². The number of ether oxygens (including phenoxy) is 1. The van der Waals surface area contributed by atoms with Gasteiger partial charge in [-0.05, 0) is 45.2 Å². The van der Waals surface area contributed by atoms with E-state index in [1.165, 1.54) is 0 Å². The van der Waals surface area contributed by atoms with Crippen LogP contribution in [-0.4, -0.2) is 37.5 Å². The number of hydrogen-bond acceptors (Lipinski definition) is 4. The van der Waals surface area contributed by atoms with Gasteiger partial charge in [-0.25, -0.2) is 0 Å². The van der Waals surface area contributed by atoms with Crippen molar-refractivity contribution in [1.29, 1.82) is 0 Å². The largest absolute Gasteiger partial charge is 0.484 e. The maximum atomic E-state index is 12.5. The number of aliphatic imine (C=N–C) groups is 1. The Labute approximate surface area is 168 Å². The molecule has 1 aromatic heterocycles. The number of rotatable bonds is 8. The summed E-state index contributed by atoms with van der Waals surface area (Å²) in [5.41, 5.74) is 3.46. The highest BCUT2D eigenvalue weighted by Gasteiger charge is 2.28. The van der Waals surface area contributed by atoms with Crippen LogP contribution in [0, 0.1) is 20.8 Å². The van der Waals surface area contributed by atoms with Crippen molar-refractivity contribution < 1.29 is 22.4 Å². The van der Waals surface area contributed by atoms with E-state index in [0.717, 1.165) is 35.4 Å². The number of nitrogens with zero attached hydrogens (tertiary/aromatic N) is 2. The Morgan fingerprint density at radius 1 is 1.21 bits per heavy atom. The van der Waals surface area contributed by atoms with Crippen LogP contribution in [0.1, 0.15) is 34.6 Å². The van der Waals surface area contributed by atoms with Crippen LogP contribution >= 0.6 is 0 Å². The molecule has 0 aliphatic heterocycles. The number of hydrogen-bond donors (Lipinski definition) is 2. The first kappa shape index (κ1) is 22.6. The summed E-state index contributed by atoms with van der Waals surface area (Å²) >= 11 is 0. The van der Waals surface area contributed by atoms with E-state index in [0.29, 0.717) is 18.1 Å². The molecule has 0 aliphatic rings. The van der Waals surface area contributed by atoms with Crippen LogP contribution in [0.25, 0.3) is 0 Å². The molecule has 0 aliphatic carbocycles. The molecule has 1 heterocycles. The number of halogens is 3. The average Bonchev–Trinajstić information content (AvgIpc) is 2.98. The van der Waals surface area contributed by atoms with Gasteiger partial charge in [0.1, 0.15) is 11.5 Å². The third-order valence-corrected chi connectivity index (χ3v) is 4.36. The molecule has 160 valence electrons. The first-order valence-electron chi connectivity index (χ1n) is 9.35. The lowest BCUT2D eigenvalue weighted by Gasteiger charge is -2.16. The molecule has 0 saturated carbocycles. The Kier molecular flexibility index (Phi) is 7.92. The molecule has 2 rings (SSSR count). The molecule has 0 amide bonds. The molecular weight excluding hydrogens is 385 g/mol. The molecule has 29 heavy (non-hydrogen) atoms. The second-order valence-corrected chi connectivity index (χ2v) is 6.77. The van der Waals surface area contributed by atoms with E-state index in [9.17, 15) is 13.2 Å². The zero-order valence-corrected chi connectivity index (χ0v) is 17.1. The second kappa shape index (κ2) is 10.2. The Morgan fingerprint density at radius 2 is 1.97 bits per heavy atom. The molecule has 0 unspecified atom stereocenters. The van der Waals surface area contributed by atoms with Gasteiger partial charge in [0.15, 0.2) is 12.6 Å². The van der Waals surface area contributed by atoms with E-state index >= 15 is 0 Å². The van der Waals surface area contributed by atoms with Gasteiger partial charge in [0.05, 0.1) is 5.69 Å². The molecule has 1 aromatic carbocycles. The molecule has 0 spiro atoms. The maximum Gasteiger partial charge on any atom is 0.422 e. The van der Waals surface area contributed by atoms with Crippen LogP contribution in [0.4, 0.5) is 13.2 Å². The third kappa shape index (κ3) is 7.32. The predicted octanol–water partition coefficient (Wildman–Crippen LogP) is 3.84. The zero-order valence-electron chi connectivity index (χ0n) is 17.1. The van der Waals surface area contributed by atoms with Gasteiger partial charge < -0.3 is 19.9 Å². The van der Waals surface area contributed by atoms with Crippen molar-refractivity contribution in [2.75, 3.05) is 20.2 Å². The van der Waals surface area contributed by atoms with E-state index in [-0.39, 0.29) is 12.3 Å². The van der Waals surface area contributed by atoms with Crippen LogP contribution in [0.5, 0.6) is 5.75 Å². The molecule has 0 fully saturated rings. The average molecular weight is 412 g/mol. The minimum Gasteiger partial charge on any atom is -0.484 e. The Balaban J connectivity index is 1.85. The van der Waals surface area contributed by atoms with Crippen molar-refractivity contribution in [1.82, 2.24) is 15.8 Å². The van der Waals surface area contributed by atoms with Crippen molar-refractivity contribution >= 4 is 5.96 Å². The highest BCUT2D eigenvalue weighted by atomic mass is 19.4. The molecule has 9 heteroatoms. The number of aryl methyl sites for hydroxylation is 3. The zero-order chi connectivity index (χ0) is 21.4. The van der Waals surface area contributed by atoms with Crippen molar-refractivity contribution in [2.45, 2.75) is 46.3 Å². The standard InChI is InChI=1S/C20H27F3N4O2/c1-13-7-8-16(18(10-13)28-12-20(21,22)23)11-26-19(24-4)25-9-5-6-17-14(2)27-29-15(17)3/h7-8,10H,5-6,9,11-12H2,1-4H3,(H2,24,25,26). The van der Waals surface area contributed by atoms with Gasteiger partial charge >= 0.3 is 6.18 Å². The monoisotopic (exact) mass is 412 g/mol. The smallest absolute Gasteiger partial charge is 0.422 e. The number of alkyl halides is 3. The van der Waals surface area contributed by atoms with Crippen LogP contribution in [-0.2, 0) is 13.0 Å². The topological polar surface area (TPSA) is 71.7 Å². The summed E-state index contributed by atoms with van der Waals surface area (Å²) in [5, 5.41) is 10.2. The summed E-state index contributed by atoms with van der Waals surface area (Å²) in [6.45, 7) is 5.25. The minimum atomic E-state index is -4.38. The summed E-state index contributed by atoms with van der Waals surface area (Å²) in [6.07, 6.45) is -2.69. The van der Waals surface area contributed by atoms with Gasteiger partial charge in [-0.15, -0.1) is 0 Å². The number of benzene rings is 1. The number of nitrogens with one attached hydrogen (secondary N) is 2. The third-order valence-electron chi connectivity index (χ3n) is 4.36. The highest BCUT2D eigenvalue weighted by molar-refractivity contribution is 5.79. The van der Waals surface area contributed by atoms with Crippen molar-refractivity contribution in [2.24, 2.45) is 4.99 Å². The molecule has 6 nitrogen and oxygen atoms in total. The van der Waals surface area contributed by atoms with Gasteiger partial charge in [0.25, 0.3) is 0 Å². The van der Waals surface area contributed by atoms with Gasteiger partial charge in [0, 0.05) is 31.3 Å². The Morgan fingerprint density at radius 3 is 2.59 bits per heavy atom. The van der Waals surface area contributed by atoms with Crippen molar-refractivity contribution in [3.8, 4) is 5.75 Å². The fourth-order valence-corrected chi connectivity index (χ4v) is 2.83. The number of aromatic nitrogens is 1. The van der Waals surface area contributed by atoms with Crippen molar-refractivity contribution in [3.05, 3.63) is 46.3 Å². The summed E-state index contributed by atoms with van der Waals surface area (Å²) in [5.74, 6) is 1.60. The Hall–Kier alpha value is -2.71. The molecular formula is C20H27F3N4O2. The Bertz CT molecular complexity index is 812. The molecule has 2 N–H and O–H groups in total. The fraction of sp³-hybridized carbons (Fsp3) is 0.500. The van der Waals surface area contributed by atoms with Crippen LogP contribution in [0.3, 0.4) is 0 Å². The second-order valence-electron chi connectivity index (χ2n) is 6.77. The maximum absolute atomic E-state index is 12.5. The molecule has 0 atom stereocenters. The van der Waals surface area contributed by atoms with Gasteiger partial charge in [-0.3, -0.25) is 4.99 Å². The van der Waals surface area contributed by atoms with Gasteiger partial charge in [-0.2, -0.15) is 13.2 Å². The lowest BCUT2D eigenvalue weighted by atomic mass is 10.1. The molecule has 0 saturated heterocycles. The summed E-state index contributed by atoms with van der Waals surface area (Å²) < 4.78 is 47.6. The van der Waals surface area contributed by atoms with E-state index in [2.05, 4.69) is 20.8 Å². The summed E-state index contributed by atoms with van der Waals surface area (Å²) in [6, 6.07) is 5.18. The summed E-state index contributed by atoms with van der Waals surface area (Å²) in [4.78, 5) is 4.15. The molecule has 0 radical (unpaired) electrons. The molecule has 2 aromatic rings. The first-order valence-corrected chi connectivity index (χ1v) is 9.35. The SMILES string of the molecule is CN=C(NCCCc1c(C)noc1C)NCc1ccc(C)cc1OCC(F)(F)F.